The Morgan fingerprint density at radius 3 is 2.35 bits per heavy atom. The molecule has 0 spiro atoms. The standard InChI is InChI=1S/C15H24N2O2.C2HF3O2/c1-12-10-17(9-8-16(12)2)11-13-6-5-7-14(18-3)15(13)19-4;3-2(4,5)1(6)7/h5-7,12H,8-11H2,1-4H3;(H,6,7). The van der Waals surface area contributed by atoms with E-state index in [1.165, 1.54) is 5.56 Å². The largest absolute Gasteiger partial charge is 0.493 e. The first kappa shape index (κ1) is 22.0. The van der Waals surface area contributed by atoms with Crippen molar-refractivity contribution in [1.82, 2.24) is 9.80 Å². The number of ether oxygens (including phenoxy) is 2. The summed E-state index contributed by atoms with van der Waals surface area (Å²) in [5.74, 6) is -1.09. The van der Waals surface area contributed by atoms with Crippen molar-refractivity contribution in [3.63, 3.8) is 0 Å². The van der Waals surface area contributed by atoms with Gasteiger partial charge in [-0.3, -0.25) is 4.90 Å². The summed E-state index contributed by atoms with van der Waals surface area (Å²) in [6.07, 6.45) is -5.08. The third kappa shape index (κ3) is 6.38. The third-order valence-electron chi connectivity index (χ3n) is 4.16. The number of benzene rings is 1. The second-order valence-electron chi connectivity index (χ2n) is 6.02. The van der Waals surface area contributed by atoms with Crippen LogP contribution in [0.2, 0.25) is 0 Å². The van der Waals surface area contributed by atoms with Gasteiger partial charge in [0.05, 0.1) is 14.2 Å². The van der Waals surface area contributed by atoms with Crippen LogP contribution in [0.25, 0.3) is 0 Å². The smallest absolute Gasteiger partial charge is 0.490 e. The molecule has 148 valence electrons. The molecule has 1 N–H and O–H groups in total. The molecule has 0 radical (unpaired) electrons. The SMILES string of the molecule is COc1cccc(CN2CCN(C)C(C)C2)c1OC.O=C(O)C(F)(F)F. The van der Waals surface area contributed by atoms with Gasteiger partial charge in [-0.25, -0.2) is 4.79 Å². The predicted molar refractivity (Wildman–Crippen MR) is 90.6 cm³/mol. The number of nitrogens with zero attached hydrogens (tertiary/aromatic N) is 2. The number of piperazine rings is 1. The molecule has 0 aliphatic carbocycles. The highest BCUT2D eigenvalue weighted by Gasteiger charge is 2.38. The summed E-state index contributed by atoms with van der Waals surface area (Å²) in [4.78, 5) is 13.8. The van der Waals surface area contributed by atoms with Crippen LogP contribution in [0.5, 0.6) is 11.5 Å². The molecule has 26 heavy (non-hydrogen) atoms. The second-order valence-corrected chi connectivity index (χ2v) is 6.02. The van der Waals surface area contributed by atoms with Gasteiger partial charge in [0.2, 0.25) is 0 Å². The normalized spacial score (nSPS) is 18.7. The number of halogens is 3. The number of hydrogen-bond donors (Lipinski definition) is 1. The molecule has 1 aliphatic heterocycles. The van der Waals surface area contributed by atoms with E-state index in [1.54, 1.807) is 14.2 Å². The summed E-state index contributed by atoms with van der Waals surface area (Å²) >= 11 is 0. The van der Waals surface area contributed by atoms with E-state index in [9.17, 15) is 13.2 Å². The lowest BCUT2D eigenvalue weighted by atomic mass is 10.1. The van der Waals surface area contributed by atoms with Crippen molar-refractivity contribution in [3.05, 3.63) is 23.8 Å². The maximum absolute atomic E-state index is 10.6. The zero-order valence-corrected chi connectivity index (χ0v) is 15.3. The van der Waals surface area contributed by atoms with E-state index in [-0.39, 0.29) is 0 Å². The van der Waals surface area contributed by atoms with Gasteiger partial charge in [0.1, 0.15) is 0 Å². The van der Waals surface area contributed by atoms with Crippen molar-refractivity contribution in [2.45, 2.75) is 25.7 Å². The average molecular weight is 378 g/mol. The lowest BCUT2D eigenvalue weighted by Crippen LogP contribution is -2.49. The molecule has 0 saturated carbocycles. The zero-order chi connectivity index (χ0) is 19.9. The molecule has 1 saturated heterocycles. The number of para-hydroxylation sites is 1. The van der Waals surface area contributed by atoms with Crippen molar-refractivity contribution < 1.29 is 32.5 Å². The van der Waals surface area contributed by atoms with Gasteiger partial charge in [-0.05, 0) is 20.0 Å². The molecule has 1 aromatic carbocycles. The zero-order valence-electron chi connectivity index (χ0n) is 15.3. The highest BCUT2D eigenvalue weighted by Crippen LogP contribution is 2.31. The first-order valence-corrected chi connectivity index (χ1v) is 8.02. The van der Waals surface area contributed by atoms with Gasteiger partial charge in [-0.2, -0.15) is 13.2 Å². The van der Waals surface area contributed by atoms with Crippen molar-refractivity contribution in [3.8, 4) is 11.5 Å². The number of carbonyl (C=O) groups is 1. The first-order valence-electron chi connectivity index (χ1n) is 8.02. The lowest BCUT2D eigenvalue weighted by Gasteiger charge is -2.37. The molecular weight excluding hydrogens is 353 g/mol. The third-order valence-corrected chi connectivity index (χ3v) is 4.16. The molecule has 1 atom stereocenters. The summed E-state index contributed by atoms with van der Waals surface area (Å²) in [7, 11) is 5.57. The van der Waals surface area contributed by atoms with Gasteiger partial charge in [-0.1, -0.05) is 12.1 Å². The van der Waals surface area contributed by atoms with E-state index < -0.39 is 12.1 Å². The van der Waals surface area contributed by atoms with Gasteiger partial charge in [0, 0.05) is 37.8 Å². The number of alkyl halides is 3. The summed E-state index contributed by atoms with van der Waals surface area (Å²) in [6.45, 7) is 6.50. The van der Waals surface area contributed by atoms with Crippen LogP contribution in [-0.2, 0) is 11.3 Å². The van der Waals surface area contributed by atoms with Crippen LogP contribution >= 0.6 is 0 Å². The molecule has 6 nitrogen and oxygen atoms in total. The summed E-state index contributed by atoms with van der Waals surface area (Å²) < 4.78 is 42.6. The van der Waals surface area contributed by atoms with E-state index in [4.69, 9.17) is 19.4 Å². The van der Waals surface area contributed by atoms with Gasteiger partial charge < -0.3 is 19.5 Å². The summed E-state index contributed by atoms with van der Waals surface area (Å²) in [5.41, 5.74) is 1.19. The van der Waals surface area contributed by atoms with Crippen LogP contribution in [-0.4, -0.2) is 74.0 Å². The van der Waals surface area contributed by atoms with Crippen molar-refractivity contribution in [1.29, 1.82) is 0 Å². The van der Waals surface area contributed by atoms with E-state index in [2.05, 4.69) is 29.8 Å². The Morgan fingerprint density at radius 1 is 1.27 bits per heavy atom. The Morgan fingerprint density at radius 2 is 1.88 bits per heavy atom. The number of carboxylic acids is 1. The van der Waals surface area contributed by atoms with Gasteiger partial charge in [0.15, 0.2) is 11.5 Å². The van der Waals surface area contributed by atoms with Crippen LogP contribution in [0, 0.1) is 0 Å². The molecule has 1 aromatic rings. The second kappa shape index (κ2) is 9.63. The van der Waals surface area contributed by atoms with Crippen LogP contribution in [0.15, 0.2) is 18.2 Å². The van der Waals surface area contributed by atoms with Gasteiger partial charge >= 0.3 is 12.1 Å². The molecule has 2 rings (SSSR count). The number of aliphatic carboxylic acids is 1. The number of carboxylic acid groups (broad SMARTS) is 1. The maximum atomic E-state index is 10.6. The van der Waals surface area contributed by atoms with E-state index in [1.807, 2.05) is 12.1 Å². The minimum Gasteiger partial charge on any atom is -0.493 e. The molecule has 9 heteroatoms. The Hall–Kier alpha value is -2.00. The number of hydrogen-bond acceptors (Lipinski definition) is 5. The van der Waals surface area contributed by atoms with Crippen LogP contribution in [0.1, 0.15) is 12.5 Å². The Labute approximate surface area is 151 Å². The number of methoxy groups -OCH3 is 2. The van der Waals surface area contributed by atoms with Crippen molar-refractivity contribution in [2.24, 2.45) is 0 Å². The van der Waals surface area contributed by atoms with E-state index in [0.717, 1.165) is 37.7 Å². The monoisotopic (exact) mass is 378 g/mol. The Bertz CT molecular complexity index is 596. The predicted octanol–water partition coefficient (Wildman–Crippen LogP) is 2.47. The summed E-state index contributed by atoms with van der Waals surface area (Å²) in [5, 5.41) is 7.12. The minimum atomic E-state index is -5.08. The number of likely N-dealkylation sites (N-methyl/N-ethyl adjacent to an activating group) is 1. The molecule has 1 heterocycles. The van der Waals surface area contributed by atoms with Gasteiger partial charge in [-0.15, -0.1) is 0 Å². The molecule has 1 aliphatic rings. The van der Waals surface area contributed by atoms with Crippen molar-refractivity contribution in [2.75, 3.05) is 40.9 Å². The fourth-order valence-electron chi connectivity index (χ4n) is 2.59. The van der Waals surface area contributed by atoms with Gasteiger partial charge in [0.25, 0.3) is 0 Å². The molecule has 1 unspecified atom stereocenters. The van der Waals surface area contributed by atoms with Crippen molar-refractivity contribution >= 4 is 5.97 Å². The Balaban J connectivity index is 0.000000412. The highest BCUT2D eigenvalue weighted by atomic mass is 19.4. The highest BCUT2D eigenvalue weighted by molar-refractivity contribution is 5.73. The maximum Gasteiger partial charge on any atom is 0.490 e. The van der Waals surface area contributed by atoms with E-state index in [0.29, 0.717) is 6.04 Å². The molecule has 0 aromatic heterocycles. The minimum absolute atomic E-state index is 0.602. The van der Waals surface area contributed by atoms with Crippen LogP contribution < -0.4 is 9.47 Å². The molecule has 0 bridgehead atoms. The summed E-state index contributed by atoms with van der Waals surface area (Å²) in [6, 6.07) is 6.68. The fraction of sp³-hybridized carbons (Fsp3) is 0.588. The molecule has 1 fully saturated rings. The molecular formula is C17H25F3N2O4. The number of rotatable bonds is 4. The average Bonchev–Trinajstić information content (AvgIpc) is 2.57. The van der Waals surface area contributed by atoms with E-state index >= 15 is 0 Å². The van der Waals surface area contributed by atoms with Crippen LogP contribution in [0.3, 0.4) is 0 Å². The van der Waals surface area contributed by atoms with Crippen LogP contribution in [0.4, 0.5) is 13.2 Å². The molecule has 0 amide bonds. The fourth-order valence-corrected chi connectivity index (χ4v) is 2.59. The first-order chi connectivity index (χ1) is 12.1. The lowest BCUT2D eigenvalue weighted by molar-refractivity contribution is -0.192. The topological polar surface area (TPSA) is 62.2 Å². The quantitative estimate of drug-likeness (QED) is 0.869. The Kier molecular flexibility index (Phi) is 8.16.